The Morgan fingerprint density at radius 2 is 1.78 bits per heavy atom. The molecule has 3 N–H and O–H groups in total. The van der Waals surface area contributed by atoms with E-state index >= 15 is 0 Å². The van der Waals surface area contributed by atoms with Crippen molar-refractivity contribution in [3.8, 4) is 11.3 Å². The number of hydrogen-bond acceptors (Lipinski definition) is 7. The van der Waals surface area contributed by atoms with Crippen molar-refractivity contribution < 1.29 is 14.3 Å². The molecule has 9 nitrogen and oxygen atoms in total. The van der Waals surface area contributed by atoms with Gasteiger partial charge in [0.2, 0.25) is 11.9 Å². The first kappa shape index (κ1) is 25.2. The number of hydrogen-bond donors (Lipinski definition) is 3. The third kappa shape index (κ3) is 7.06. The van der Waals surface area contributed by atoms with Crippen molar-refractivity contribution in [2.45, 2.75) is 6.92 Å². The van der Waals surface area contributed by atoms with Gasteiger partial charge in [0.1, 0.15) is 0 Å². The van der Waals surface area contributed by atoms with Crippen LogP contribution < -0.4 is 16.0 Å². The Hall–Kier alpha value is -4.89. The number of nitrogens with zero attached hydrogens (tertiary/aromatic N) is 3. The van der Waals surface area contributed by atoms with E-state index in [2.05, 4.69) is 30.9 Å². The second-order valence-electron chi connectivity index (χ2n) is 8.04. The van der Waals surface area contributed by atoms with Crippen LogP contribution in [-0.2, 0) is 9.53 Å². The fourth-order valence-corrected chi connectivity index (χ4v) is 3.39. The zero-order valence-electron chi connectivity index (χ0n) is 20.4. The minimum Gasteiger partial charge on any atom is -0.381 e. The van der Waals surface area contributed by atoms with Crippen molar-refractivity contribution in [3.05, 3.63) is 103 Å². The summed E-state index contributed by atoms with van der Waals surface area (Å²) < 4.78 is 4.87. The molecule has 0 unspecified atom stereocenters. The number of rotatable bonds is 9. The van der Waals surface area contributed by atoms with Crippen molar-refractivity contribution in [2.75, 3.05) is 29.7 Å². The van der Waals surface area contributed by atoms with Gasteiger partial charge in [-0.1, -0.05) is 12.1 Å². The quantitative estimate of drug-likeness (QED) is 0.281. The fourth-order valence-electron chi connectivity index (χ4n) is 3.39. The van der Waals surface area contributed by atoms with E-state index in [9.17, 15) is 9.59 Å². The molecule has 2 heterocycles. The van der Waals surface area contributed by atoms with Crippen molar-refractivity contribution in [2.24, 2.45) is 0 Å². The summed E-state index contributed by atoms with van der Waals surface area (Å²) in [6, 6.07) is 17.8. The molecule has 2 amide bonds. The number of carbonyl (C=O) groups is 2. The number of carbonyl (C=O) groups excluding carboxylic acids is 2. The first-order chi connectivity index (χ1) is 18.0. The Morgan fingerprint density at radius 1 is 0.973 bits per heavy atom. The fraction of sp³-hybridized carbons (Fsp3) is 0.107. The van der Waals surface area contributed by atoms with Crippen molar-refractivity contribution in [1.82, 2.24) is 15.0 Å². The second kappa shape index (κ2) is 12.2. The number of aryl methyl sites for hydroxylation is 1. The van der Waals surface area contributed by atoms with Crippen LogP contribution in [-0.4, -0.2) is 40.5 Å². The molecule has 0 aliphatic heterocycles. The molecule has 9 heteroatoms. The minimum atomic E-state index is -0.275. The number of aromatic nitrogens is 3. The largest absolute Gasteiger partial charge is 0.381 e. The summed E-state index contributed by atoms with van der Waals surface area (Å²) in [5, 5.41) is 8.87. The maximum absolute atomic E-state index is 12.8. The molecular weight excluding hydrogens is 468 g/mol. The zero-order valence-corrected chi connectivity index (χ0v) is 20.4. The van der Waals surface area contributed by atoms with E-state index in [1.165, 1.54) is 6.08 Å². The van der Waals surface area contributed by atoms with Crippen LogP contribution >= 0.6 is 0 Å². The zero-order chi connectivity index (χ0) is 26.0. The van der Waals surface area contributed by atoms with Crippen LogP contribution in [0.25, 0.3) is 11.3 Å². The van der Waals surface area contributed by atoms with Crippen LogP contribution in [0.5, 0.6) is 0 Å². The molecule has 186 valence electrons. The van der Waals surface area contributed by atoms with Gasteiger partial charge in [0.25, 0.3) is 5.91 Å². The lowest BCUT2D eigenvalue weighted by atomic mass is 10.1. The number of anilines is 4. The molecule has 0 spiro atoms. The first-order valence-corrected chi connectivity index (χ1v) is 11.5. The lowest BCUT2D eigenvalue weighted by Crippen LogP contribution is -2.13. The van der Waals surface area contributed by atoms with Crippen molar-refractivity contribution >= 4 is 34.8 Å². The van der Waals surface area contributed by atoms with Crippen molar-refractivity contribution in [1.29, 1.82) is 0 Å². The second-order valence-corrected chi connectivity index (χ2v) is 8.04. The Kier molecular flexibility index (Phi) is 8.30. The lowest BCUT2D eigenvalue weighted by molar-refractivity contribution is -0.111. The molecule has 0 fully saturated rings. The SMILES string of the molecule is COCC=CC(=O)Nc1ccc(C(=O)Nc2ccc(C)c(Nc3nccc(-c4cccnc4)n3)c2)cc1. The Morgan fingerprint density at radius 3 is 2.54 bits per heavy atom. The van der Waals surface area contributed by atoms with E-state index in [0.717, 1.165) is 22.5 Å². The predicted molar refractivity (Wildman–Crippen MR) is 144 cm³/mol. The normalized spacial score (nSPS) is 10.8. The van der Waals surface area contributed by atoms with Gasteiger partial charge in [-0.25, -0.2) is 9.97 Å². The number of nitrogens with one attached hydrogen (secondary N) is 3. The highest BCUT2D eigenvalue weighted by atomic mass is 16.5. The summed E-state index contributed by atoms with van der Waals surface area (Å²) in [4.78, 5) is 37.7. The topological polar surface area (TPSA) is 118 Å². The molecule has 0 saturated heterocycles. The number of ether oxygens (including phenoxy) is 1. The lowest BCUT2D eigenvalue weighted by Gasteiger charge is -2.12. The van der Waals surface area contributed by atoms with Gasteiger partial charge in [-0.2, -0.15) is 0 Å². The third-order valence-corrected chi connectivity index (χ3v) is 5.30. The number of benzene rings is 2. The standard InChI is InChI=1S/C28H26N6O3/c1-19-7-10-23(17-25(19)34-28-30-15-13-24(33-28)21-5-3-14-29-18-21)32-27(36)20-8-11-22(12-9-20)31-26(35)6-4-16-37-2/h3-15,17-18H,16H2,1-2H3,(H,31,35)(H,32,36)(H,30,33,34). The summed E-state index contributed by atoms with van der Waals surface area (Å²) in [7, 11) is 1.55. The van der Waals surface area contributed by atoms with Gasteiger partial charge in [0.15, 0.2) is 0 Å². The molecular formula is C28H26N6O3. The van der Waals surface area contributed by atoms with Gasteiger partial charge in [0, 0.05) is 60.0 Å². The van der Waals surface area contributed by atoms with Crippen LogP contribution in [0.3, 0.4) is 0 Å². The summed E-state index contributed by atoms with van der Waals surface area (Å²) >= 11 is 0. The summed E-state index contributed by atoms with van der Waals surface area (Å²) in [6.45, 7) is 2.31. The molecule has 0 aliphatic carbocycles. The summed E-state index contributed by atoms with van der Waals surface area (Å²) in [5.74, 6) is -0.117. The molecule has 2 aromatic heterocycles. The predicted octanol–water partition coefficient (Wildman–Crippen LogP) is 4.98. The van der Waals surface area contributed by atoms with E-state index in [1.807, 2.05) is 43.3 Å². The molecule has 37 heavy (non-hydrogen) atoms. The number of methoxy groups -OCH3 is 1. The average Bonchev–Trinajstić information content (AvgIpc) is 2.92. The van der Waals surface area contributed by atoms with E-state index in [4.69, 9.17) is 4.74 Å². The highest BCUT2D eigenvalue weighted by molar-refractivity contribution is 6.05. The number of amides is 2. The molecule has 4 aromatic rings. The molecule has 0 bridgehead atoms. The van der Waals surface area contributed by atoms with Gasteiger partial charge >= 0.3 is 0 Å². The molecule has 0 saturated carbocycles. The summed E-state index contributed by atoms with van der Waals surface area (Å²) in [6.07, 6.45) is 8.15. The Balaban J connectivity index is 1.42. The van der Waals surface area contributed by atoms with Gasteiger partial charge in [0.05, 0.1) is 12.3 Å². The van der Waals surface area contributed by atoms with E-state index in [1.54, 1.807) is 56.0 Å². The van der Waals surface area contributed by atoms with Crippen molar-refractivity contribution in [3.63, 3.8) is 0 Å². The smallest absolute Gasteiger partial charge is 0.255 e. The maximum atomic E-state index is 12.8. The molecule has 0 radical (unpaired) electrons. The molecule has 0 aliphatic rings. The van der Waals surface area contributed by atoms with Crippen LogP contribution in [0.2, 0.25) is 0 Å². The van der Waals surface area contributed by atoms with E-state index < -0.39 is 0 Å². The molecule has 0 atom stereocenters. The maximum Gasteiger partial charge on any atom is 0.255 e. The Bertz CT molecular complexity index is 1410. The highest BCUT2D eigenvalue weighted by Crippen LogP contribution is 2.24. The van der Waals surface area contributed by atoms with Gasteiger partial charge in [-0.15, -0.1) is 0 Å². The van der Waals surface area contributed by atoms with E-state index in [-0.39, 0.29) is 11.8 Å². The van der Waals surface area contributed by atoms with Crippen LogP contribution in [0.4, 0.5) is 23.0 Å². The van der Waals surface area contributed by atoms with Crippen LogP contribution in [0, 0.1) is 6.92 Å². The minimum absolute atomic E-state index is 0.274. The average molecular weight is 495 g/mol. The monoisotopic (exact) mass is 494 g/mol. The molecule has 4 rings (SSSR count). The van der Waals surface area contributed by atoms with Gasteiger partial charge in [-0.3, -0.25) is 14.6 Å². The van der Waals surface area contributed by atoms with Gasteiger partial charge in [-0.05, 0) is 67.1 Å². The molecule has 2 aromatic carbocycles. The Labute approximate surface area is 214 Å². The van der Waals surface area contributed by atoms with Crippen LogP contribution in [0.15, 0.2) is 91.4 Å². The summed E-state index contributed by atoms with van der Waals surface area (Å²) in [5.41, 5.74) is 5.02. The third-order valence-electron chi connectivity index (χ3n) is 5.30. The first-order valence-electron chi connectivity index (χ1n) is 11.5. The van der Waals surface area contributed by atoms with E-state index in [0.29, 0.717) is 29.5 Å². The number of pyridine rings is 1. The van der Waals surface area contributed by atoms with Gasteiger partial charge < -0.3 is 20.7 Å². The van der Waals surface area contributed by atoms with Crippen LogP contribution in [0.1, 0.15) is 15.9 Å². The highest BCUT2D eigenvalue weighted by Gasteiger charge is 2.10.